The minimum Gasteiger partial charge on any atom is -0.399 e. The van der Waals surface area contributed by atoms with Gasteiger partial charge in [-0.05, 0) is 0 Å². The van der Waals surface area contributed by atoms with E-state index in [0.29, 0.717) is 0 Å². The largest absolute Gasteiger partial charge is 0.399 e. The Kier molecular flexibility index (Phi) is 8.46. The van der Waals surface area contributed by atoms with E-state index >= 15 is 0 Å². The zero-order chi connectivity index (χ0) is 6.69. The maximum absolute atomic E-state index is 2.96. The van der Waals surface area contributed by atoms with Crippen molar-refractivity contribution in [2.45, 2.75) is 0 Å². The quantitative estimate of drug-likeness (QED) is 0.421. The molecule has 0 saturated heterocycles. The van der Waals surface area contributed by atoms with E-state index < -0.39 is 0 Å². The van der Waals surface area contributed by atoms with Gasteiger partial charge < -0.3 is 4.90 Å². The van der Waals surface area contributed by atoms with Crippen molar-refractivity contribution in [2.24, 2.45) is 0 Å². The molecule has 0 aliphatic carbocycles. The summed E-state index contributed by atoms with van der Waals surface area (Å²) in [5, 5.41) is 0. The standard InChI is InChI=1S/C8H10N.H3P.Pd/c1-9(2)8-6-4-3-5-7-8;;/h4-7H,1-2H3;1H3;/q-1;;. The molecule has 0 heterocycles. The summed E-state index contributed by atoms with van der Waals surface area (Å²) in [6.07, 6.45) is 0. The first-order valence-corrected chi connectivity index (χ1v) is 2.94. The van der Waals surface area contributed by atoms with Crippen LogP contribution in [0.3, 0.4) is 0 Å². The minimum atomic E-state index is 0. The smallest absolute Gasteiger partial charge is 0.00397 e. The molecule has 0 aliphatic heterocycles. The van der Waals surface area contributed by atoms with Gasteiger partial charge in [-0.1, -0.05) is 5.69 Å². The third-order valence-corrected chi connectivity index (χ3v) is 1.22. The first-order valence-electron chi connectivity index (χ1n) is 2.94. The predicted octanol–water partition coefficient (Wildman–Crippen LogP) is 1.61. The van der Waals surface area contributed by atoms with Gasteiger partial charge in [0.1, 0.15) is 0 Å². The first kappa shape index (κ1) is 13.7. The predicted molar refractivity (Wildman–Crippen MR) is 50.7 cm³/mol. The maximum Gasteiger partial charge on any atom is 0.00397 e. The van der Waals surface area contributed by atoms with Crippen molar-refractivity contribution in [2.75, 3.05) is 19.0 Å². The van der Waals surface area contributed by atoms with Crippen molar-refractivity contribution in [3.05, 3.63) is 30.3 Å². The van der Waals surface area contributed by atoms with Crippen LogP contribution in [0.15, 0.2) is 24.3 Å². The van der Waals surface area contributed by atoms with Crippen LogP contribution in [-0.4, -0.2) is 14.1 Å². The van der Waals surface area contributed by atoms with Crippen molar-refractivity contribution in [1.29, 1.82) is 0 Å². The van der Waals surface area contributed by atoms with Crippen LogP contribution in [0, 0.1) is 6.07 Å². The molecule has 3 heteroatoms. The Morgan fingerprint density at radius 3 is 1.91 bits per heavy atom. The summed E-state index contributed by atoms with van der Waals surface area (Å²) in [7, 11) is 4.05. The second-order valence-electron chi connectivity index (χ2n) is 2.15. The van der Waals surface area contributed by atoms with Gasteiger partial charge in [0.15, 0.2) is 0 Å². The SMILES string of the molecule is CN(C)c1cc[c-]cc1.P.[Pd]. The third kappa shape index (κ3) is 4.54. The normalized spacial score (nSPS) is 7.45. The van der Waals surface area contributed by atoms with Crippen molar-refractivity contribution >= 4 is 15.6 Å². The van der Waals surface area contributed by atoms with E-state index in [4.69, 9.17) is 0 Å². The molecule has 1 nitrogen and oxygen atoms in total. The molecule has 66 valence electrons. The van der Waals surface area contributed by atoms with Gasteiger partial charge in [0, 0.05) is 34.5 Å². The Bertz CT molecular complexity index is 177. The topological polar surface area (TPSA) is 3.24 Å². The number of benzene rings is 1. The number of hydrogen-bond acceptors (Lipinski definition) is 1. The van der Waals surface area contributed by atoms with Gasteiger partial charge in [0.2, 0.25) is 0 Å². The third-order valence-electron chi connectivity index (χ3n) is 1.22. The van der Waals surface area contributed by atoms with Crippen LogP contribution in [-0.2, 0) is 20.4 Å². The van der Waals surface area contributed by atoms with E-state index in [1.165, 1.54) is 5.69 Å². The first-order chi connectivity index (χ1) is 4.30. The van der Waals surface area contributed by atoms with Crippen LogP contribution in [0.4, 0.5) is 5.69 Å². The van der Waals surface area contributed by atoms with Crippen molar-refractivity contribution < 1.29 is 20.4 Å². The van der Waals surface area contributed by atoms with Crippen LogP contribution in [0.5, 0.6) is 0 Å². The summed E-state index contributed by atoms with van der Waals surface area (Å²) in [6, 6.07) is 10.8. The molecule has 0 bridgehead atoms. The van der Waals surface area contributed by atoms with Gasteiger partial charge in [0.25, 0.3) is 0 Å². The second kappa shape index (κ2) is 6.80. The Morgan fingerprint density at radius 1 is 1.18 bits per heavy atom. The summed E-state index contributed by atoms with van der Waals surface area (Å²) >= 11 is 0. The van der Waals surface area contributed by atoms with Gasteiger partial charge in [0.05, 0.1) is 0 Å². The summed E-state index contributed by atoms with van der Waals surface area (Å²) in [5.41, 5.74) is 1.22. The van der Waals surface area contributed by atoms with E-state index in [0.717, 1.165) is 0 Å². The average molecular weight is 261 g/mol. The number of anilines is 1. The fraction of sp³-hybridized carbons (Fsp3) is 0.250. The van der Waals surface area contributed by atoms with Gasteiger partial charge in [-0.3, -0.25) is 0 Å². The van der Waals surface area contributed by atoms with E-state index in [1.54, 1.807) is 0 Å². The zero-order valence-electron chi connectivity index (χ0n) is 6.78. The fourth-order valence-corrected chi connectivity index (χ4v) is 0.676. The van der Waals surface area contributed by atoms with Crippen LogP contribution < -0.4 is 4.90 Å². The Hall–Kier alpha value is 0.112. The van der Waals surface area contributed by atoms with Crippen LogP contribution in [0.25, 0.3) is 0 Å². The molecule has 0 radical (unpaired) electrons. The van der Waals surface area contributed by atoms with Crippen molar-refractivity contribution in [1.82, 2.24) is 0 Å². The Balaban J connectivity index is 0. The molecule has 1 aromatic rings. The second-order valence-corrected chi connectivity index (χ2v) is 2.15. The number of nitrogens with zero attached hydrogens (tertiary/aromatic N) is 1. The van der Waals surface area contributed by atoms with Crippen molar-refractivity contribution in [3.63, 3.8) is 0 Å². The number of rotatable bonds is 1. The summed E-state index contributed by atoms with van der Waals surface area (Å²) < 4.78 is 0. The molecule has 0 aromatic heterocycles. The summed E-state index contributed by atoms with van der Waals surface area (Å²) in [6.45, 7) is 0. The van der Waals surface area contributed by atoms with Crippen molar-refractivity contribution in [3.8, 4) is 0 Å². The van der Waals surface area contributed by atoms with Crippen LogP contribution >= 0.6 is 9.90 Å². The molecule has 1 atom stereocenters. The van der Waals surface area contributed by atoms with E-state index in [2.05, 4.69) is 11.0 Å². The monoisotopic (exact) mass is 260 g/mol. The summed E-state index contributed by atoms with van der Waals surface area (Å²) in [4.78, 5) is 2.06. The Morgan fingerprint density at radius 2 is 1.64 bits per heavy atom. The number of hydrogen-bond donors (Lipinski definition) is 0. The molecule has 0 saturated carbocycles. The van der Waals surface area contributed by atoms with E-state index in [-0.39, 0.29) is 30.3 Å². The van der Waals surface area contributed by atoms with Crippen LogP contribution in [0.1, 0.15) is 0 Å². The molecule has 1 rings (SSSR count). The molecule has 0 aliphatic rings. The van der Waals surface area contributed by atoms with Gasteiger partial charge in [-0.25, -0.2) is 0 Å². The maximum atomic E-state index is 2.96. The minimum absolute atomic E-state index is 0. The van der Waals surface area contributed by atoms with Gasteiger partial charge in [-0.2, -0.15) is 28.1 Å². The van der Waals surface area contributed by atoms with E-state index in [1.807, 2.05) is 38.4 Å². The average Bonchev–Trinajstić information content (AvgIpc) is 1.90. The molecule has 0 fully saturated rings. The molecule has 11 heavy (non-hydrogen) atoms. The van der Waals surface area contributed by atoms with Gasteiger partial charge >= 0.3 is 0 Å². The Labute approximate surface area is 85.5 Å². The zero-order valence-corrected chi connectivity index (χ0v) is 9.75. The van der Waals surface area contributed by atoms with Gasteiger partial charge in [-0.15, -0.1) is 12.1 Å². The summed E-state index contributed by atoms with van der Waals surface area (Å²) in [5.74, 6) is 0. The molecular weight excluding hydrogens is 247 g/mol. The van der Waals surface area contributed by atoms with E-state index in [9.17, 15) is 0 Å². The molecule has 0 spiro atoms. The molecule has 1 aromatic carbocycles. The van der Waals surface area contributed by atoms with Crippen LogP contribution in [0.2, 0.25) is 0 Å². The molecule has 0 amide bonds. The fourth-order valence-electron chi connectivity index (χ4n) is 0.676. The molecule has 0 N–H and O–H groups in total. The molecular formula is C8H13NPPd-. The molecule has 1 unspecified atom stereocenters.